The summed E-state index contributed by atoms with van der Waals surface area (Å²) in [4.78, 5) is 42.8. The van der Waals surface area contributed by atoms with Gasteiger partial charge in [-0.25, -0.2) is 4.57 Å². The average molecular weight is 751 g/mol. The molecular formula is C43H75O8P. The van der Waals surface area contributed by atoms with Crippen molar-refractivity contribution < 1.29 is 37.9 Å². The van der Waals surface area contributed by atoms with Crippen molar-refractivity contribution in [3.05, 3.63) is 60.8 Å². The van der Waals surface area contributed by atoms with E-state index in [2.05, 4.69) is 79.1 Å². The van der Waals surface area contributed by atoms with E-state index in [1.807, 2.05) is 0 Å². The number of carbonyl (C=O) groups is 2. The molecule has 0 bridgehead atoms. The summed E-state index contributed by atoms with van der Waals surface area (Å²) in [7, 11) is -4.76. The molecule has 0 aliphatic carbocycles. The van der Waals surface area contributed by atoms with E-state index < -0.39 is 32.5 Å². The molecule has 0 rings (SSSR count). The molecule has 0 aromatic heterocycles. The third-order valence-electron chi connectivity index (χ3n) is 8.49. The van der Waals surface area contributed by atoms with Gasteiger partial charge < -0.3 is 19.3 Å². The van der Waals surface area contributed by atoms with E-state index in [0.717, 1.165) is 70.6 Å². The molecule has 0 aliphatic heterocycles. The topological polar surface area (TPSA) is 119 Å². The Morgan fingerprint density at radius 3 is 1.40 bits per heavy atom. The summed E-state index contributed by atoms with van der Waals surface area (Å²) >= 11 is 0. The van der Waals surface area contributed by atoms with Gasteiger partial charge in [-0.2, -0.15) is 0 Å². The molecule has 0 aromatic rings. The first-order valence-corrected chi connectivity index (χ1v) is 22.1. The number of ether oxygens (including phenoxy) is 2. The van der Waals surface area contributed by atoms with E-state index in [0.29, 0.717) is 12.8 Å². The Labute approximate surface area is 317 Å². The Morgan fingerprint density at radius 2 is 0.904 bits per heavy atom. The number of carbonyl (C=O) groups excluding carboxylic acids is 2. The molecule has 0 unspecified atom stereocenters. The predicted molar refractivity (Wildman–Crippen MR) is 216 cm³/mol. The Bertz CT molecular complexity index is 1030. The summed E-state index contributed by atoms with van der Waals surface area (Å²) < 4.78 is 26.3. The molecule has 0 aliphatic rings. The maximum Gasteiger partial charge on any atom is 0.469 e. The second-order valence-electron chi connectivity index (χ2n) is 13.6. The van der Waals surface area contributed by atoms with E-state index in [1.54, 1.807) is 0 Å². The number of unbranched alkanes of at least 4 members (excludes halogenated alkanes) is 17. The average Bonchev–Trinajstić information content (AvgIpc) is 3.11. The fraction of sp³-hybridized carbons (Fsp3) is 0.721. The number of esters is 2. The maximum atomic E-state index is 12.4. The lowest BCUT2D eigenvalue weighted by Gasteiger charge is -2.18. The van der Waals surface area contributed by atoms with Crippen LogP contribution in [0.2, 0.25) is 0 Å². The summed E-state index contributed by atoms with van der Waals surface area (Å²) in [6, 6.07) is 0. The zero-order chi connectivity index (χ0) is 38.2. The molecule has 2 N–H and O–H groups in total. The molecule has 0 heterocycles. The first-order valence-electron chi connectivity index (χ1n) is 20.6. The molecule has 9 heteroatoms. The summed E-state index contributed by atoms with van der Waals surface area (Å²) in [5.41, 5.74) is 0. The normalized spacial score (nSPS) is 13.1. The van der Waals surface area contributed by atoms with Gasteiger partial charge in [-0.1, -0.05) is 152 Å². The number of allylic oxidation sites excluding steroid dienone is 10. The van der Waals surface area contributed by atoms with Crippen molar-refractivity contribution in [2.75, 3.05) is 13.2 Å². The lowest BCUT2D eigenvalue weighted by Crippen LogP contribution is -2.29. The molecular weight excluding hydrogens is 675 g/mol. The minimum Gasteiger partial charge on any atom is -0.462 e. The van der Waals surface area contributed by atoms with Crippen molar-refractivity contribution in [3.63, 3.8) is 0 Å². The van der Waals surface area contributed by atoms with E-state index in [-0.39, 0.29) is 19.4 Å². The SMILES string of the molecule is CCC/C=C/C/C=C/C/C=C/C/C=C/CCCCCC(=O)OC[C@H](COP(=O)(O)O)OC(=O)CCCCCCCCC/C=C/CCCCCCCC. The van der Waals surface area contributed by atoms with Crippen LogP contribution in [0.4, 0.5) is 0 Å². The quantitative estimate of drug-likeness (QED) is 0.0279. The van der Waals surface area contributed by atoms with Gasteiger partial charge in [0.2, 0.25) is 0 Å². The molecule has 0 radical (unpaired) electrons. The Morgan fingerprint density at radius 1 is 0.500 bits per heavy atom. The molecule has 0 fully saturated rings. The zero-order valence-corrected chi connectivity index (χ0v) is 33.8. The van der Waals surface area contributed by atoms with Gasteiger partial charge in [0.25, 0.3) is 0 Å². The van der Waals surface area contributed by atoms with Crippen LogP contribution in [0.15, 0.2) is 60.8 Å². The predicted octanol–water partition coefficient (Wildman–Crippen LogP) is 12.5. The third-order valence-corrected chi connectivity index (χ3v) is 8.98. The third kappa shape index (κ3) is 40.5. The summed E-state index contributed by atoms with van der Waals surface area (Å²) in [5, 5.41) is 0. The molecule has 52 heavy (non-hydrogen) atoms. The van der Waals surface area contributed by atoms with E-state index in [9.17, 15) is 14.2 Å². The Balaban J connectivity index is 4.00. The number of hydrogen-bond acceptors (Lipinski definition) is 6. The fourth-order valence-electron chi connectivity index (χ4n) is 5.42. The second-order valence-corrected chi connectivity index (χ2v) is 14.8. The number of phosphoric acid groups is 1. The highest BCUT2D eigenvalue weighted by Crippen LogP contribution is 2.36. The van der Waals surface area contributed by atoms with Crippen molar-refractivity contribution in [2.24, 2.45) is 0 Å². The van der Waals surface area contributed by atoms with Crippen LogP contribution in [0.1, 0.15) is 181 Å². The van der Waals surface area contributed by atoms with Crippen molar-refractivity contribution in [1.29, 1.82) is 0 Å². The molecule has 0 amide bonds. The van der Waals surface area contributed by atoms with Gasteiger partial charge in [0.05, 0.1) is 6.61 Å². The number of rotatable bonds is 37. The van der Waals surface area contributed by atoms with Crippen LogP contribution in [0.3, 0.4) is 0 Å². The van der Waals surface area contributed by atoms with E-state index >= 15 is 0 Å². The highest BCUT2D eigenvalue weighted by atomic mass is 31.2. The monoisotopic (exact) mass is 751 g/mol. The molecule has 8 nitrogen and oxygen atoms in total. The van der Waals surface area contributed by atoms with Crippen LogP contribution in [0.5, 0.6) is 0 Å². The van der Waals surface area contributed by atoms with Crippen molar-refractivity contribution in [3.8, 4) is 0 Å². The van der Waals surface area contributed by atoms with Crippen molar-refractivity contribution >= 4 is 19.8 Å². The van der Waals surface area contributed by atoms with Crippen LogP contribution in [0, 0.1) is 0 Å². The second kappa shape index (κ2) is 38.5. The van der Waals surface area contributed by atoms with Crippen LogP contribution in [-0.4, -0.2) is 41.0 Å². The van der Waals surface area contributed by atoms with Gasteiger partial charge in [0, 0.05) is 12.8 Å². The summed E-state index contributed by atoms with van der Waals surface area (Å²) in [6.45, 7) is 3.58. The lowest BCUT2D eigenvalue weighted by atomic mass is 10.1. The van der Waals surface area contributed by atoms with Crippen LogP contribution in [-0.2, 0) is 28.2 Å². The summed E-state index contributed by atoms with van der Waals surface area (Å²) in [5.74, 6) is -0.928. The van der Waals surface area contributed by atoms with Crippen LogP contribution in [0.25, 0.3) is 0 Å². The van der Waals surface area contributed by atoms with E-state index in [4.69, 9.17) is 19.3 Å². The van der Waals surface area contributed by atoms with Gasteiger partial charge in [0.1, 0.15) is 6.61 Å². The van der Waals surface area contributed by atoms with Gasteiger partial charge in [-0.15, -0.1) is 0 Å². The molecule has 0 aromatic carbocycles. The smallest absolute Gasteiger partial charge is 0.462 e. The number of hydrogen-bond donors (Lipinski definition) is 2. The van der Waals surface area contributed by atoms with Crippen molar-refractivity contribution in [1.82, 2.24) is 0 Å². The molecule has 300 valence electrons. The minimum atomic E-state index is -4.76. The highest BCUT2D eigenvalue weighted by molar-refractivity contribution is 7.46. The van der Waals surface area contributed by atoms with Crippen molar-refractivity contribution in [2.45, 2.75) is 187 Å². The van der Waals surface area contributed by atoms with Gasteiger partial charge in [-0.05, 0) is 77.0 Å². The van der Waals surface area contributed by atoms with Crippen LogP contribution < -0.4 is 0 Å². The largest absolute Gasteiger partial charge is 0.469 e. The first kappa shape index (κ1) is 49.8. The Hall–Kier alpha value is -2.25. The number of phosphoric ester groups is 1. The minimum absolute atomic E-state index is 0.198. The van der Waals surface area contributed by atoms with E-state index in [1.165, 1.54) is 70.6 Å². The highest BCUT2D eigenvalue weighted by Gasteiger charge is 2.22. The lowest BCUT2D eigenvalue weighted by molar-refractivity contribution is -0.161. The maximum absolute atomic E-state index is 12.4. The molecule has 0 saturated heterocycles. The standard InChI is InChI=1S/C43H75O8P/c1-3-5-7-9-11-13-15-17-19-21-23-25-27-29-31-33-35-37-42(44)49-39-41(40-50-52(46,47)48)51-43(45)38-36-34-32-30-28-26-24-22-20-18-16-14-12-10-8-6-4-2/h7,9,13,15,18-21,25,27,41H,3-6,8,10-12,14,16-17,22-24,26,28-40H2,1-2H3,(H2,46,47,48)/b9-7+,15-13+,20-18+,21-19+,27-25+/t41-/m1/s1. The molecule has 0 spiro atoms. The van der Waals surface area contributed by atoms with Gasteiger partial charge >= 0.3 is 19.8 Å². The fourth-order valence-corrected chi connectivity index (χ4v) is 5.78. The Kier molecular flexibility index (Phi) is 36.8. The zero-order valence-electron chi connectivity index (χ0n) is 32.9. The van der Waals surface area contributed by atoms with Gasteiger partial charge in [-0.3, -0.25) is 14.1 Å². The molecule has 1 atom stereocenters. The molecule has 0 saturated carbocycles. The van der Waals surface area contributed by atoms with Gasteiger partial charge in [0.15, 0.2) is 6.10 Å². The first-order chi connectivity index (χ1) is 25.3. The summed E-state index contributed by atoms with van der Waals surface area (Å²) in [6.07, 6.45) is 47.9. The van der Waals surface area contributed by atoms with Crippen LogP contribution >= 0.6 is 7.82 Å².